The third kappa shape index (κ3) is 3.65. The van der Waals surface area contributed by atoms with Crippen molar-refractivity contribution in [2.75, 3.05) is 14.2 Å². The molecule has 112 valence electrons. The Balaban J connectivity index is 2.20. The molecule has 0 aliphatic carbocycles. The zero-order valence-electron chi connectivity index (χ0n) is 11.8. The van der Waals surface area contributed by atoms with Crippen LogP contribution in [0.15, 0.2) is 30.6 Å². The zero-order chi connectivity index (χ0) is 15.2. The fraction of sp³-hybridized carbons (Fsp3) is 0.286. The van der Waals surface area contributed by atoms with E-state index in [0.717, 1.165) is 5.56 Å². The number of benzene rings is 1. The molecule has 0 spiro atoms. The second kappa shape index (κ2) is 6.96. The van der Waals surface area contributed by atoms with Crippen molar-refractivity contribution in [1.29, 1.82) is 0 Å². The predicted octanol–water partition coefficient (Wildman–Crippen LogP) is 1.38. The molecule has 0 amide bonds. The Morgan fingerprint density at radius 3 is 2.67 bits per heavy atom. The average molecular weight is 292 g/mol. The van der Waals surface area contributed by atoms with Gasteiger partial charge in [0.2, 0.25) is 5.88 Å². The number of nitrogens with zero attached hydrogens (tertiary/aromatic N) is 2. The molecule has 0 fully saturated rings. The Morgan fingerprint density at radius 1 is 1.24 bits per heavy atom. The van der Waals surface area contributed by atoms with Gasteiger partial charge in [0.25, 0.3) is 0 Å². The summed E-state index contributed by atoms with van der Waals surface area (Å²) in [6.45, 7) is 0. The number of nitrogens with one attached hydrogen (secondary N) is 1. The lowest BCUT2D eigenvalue weighted by Gasteiger charge is -2.16. The number of nitrogens with two attached hydrogens (primary N) is 1. The van der Waals surface area contributed by atoms with Crippen molar-refractivity contribution in [3.8, 4) is 11.6 Å². The number of rotatable bonds is 6. The summed E-state index contributed by atoms with van der Waals surface area (Å²) in [5, 5.41) is 0. The third-order valence-corrected chi connectivity index (χ3v) is 3.09. The molecule has 1 aromatic heterocycles. The van der Waals surface area contributed by atoms with Crippen LogP contribution >= 0.6 is 0 Å². The molecular weight excluding hydrogens is 275 g/mol. The Bertz CT molecular complexity index is 609. The number of hydrazine groups is 1. The number of hydrogen-bond donors (Lipinski definition) is 2. The maximum absolute atomic E-state index is 13.7. The zero-order valence-corrected chi connectivity index (χ0v) is 11.8. The molecule has 0 bridgehead atoms. The van der Waals surface area contributed by atoms with Crippen molar-refractivity contribution in [1.82, 2.24) is 15.4 Å². The largest absolute Gasteiger partial charge is 0.494 e. The molecule has 0 aliphatic rings. The molecule has 2 rings (SSSR count). The summed E-state index contributed by atoms with van der Waals surface area (Å²) in [5.41, 5.74) is 4.11. The average Bonchev–Trinajstić information content (AvgIpc) is 2.52. The van der Waals surface area contributed by atoms with Gasteiger partial charge in [0.1, 0.15) is 6.33 Å². The van der Waals surface area contributed by atoms with E-state index in [2.05, 4.69) is 15.4 Å². The normalized spacial score (nSPS) is 12.0. The number of hydrogen-bond acceptors (Lipinski definition) is 6. The molecule has 6 nitrogen and oxygen atoms in total. The summed E-state index contributed by atoms with van der Waals surface area (Å²) in [4.78, 5) is 8.10. The van der Waals surface area contributed by atoms with E-state index in [1.54, 1.807) is 18.2 Å². The molecule has 7 heteroatoms. The number of methoxy groups -OCH3 is 2. The summed E-state index contributed by atoms with van der Waals surface area (Å²) >= 11 is 0. The highest BCUT2D eigenvalue weighted by Crippen LogP contribution is 2.22. The molecular formula is C14H17FN4O2. The van der Waals surface area contributed by atoms with Gasteiger partial charge in [-0.2, -0.15) is 0 Å². The second-order valence-corrected chi connectivity index (χ2v) is 4.38. The Kier molecular flexibility index (Phi) is 5.02. The summed E-state index contributed by atoms with van der Waals surface area (Å²) in [6.07, 6.45) is 1.87. The molecule has 1 aromatic carbocycles. The molecule has 1 heterocycles. The van der Waals surface area contributed by atoms with Crippen LogP contribution in [0.3, 0.4) is 0 Å². The van der Waals surface area contributed by atoms with Gasteiger partial charge >= 0.3 is 0 Å². The van der Waals surface area contributed by atoms with E-state index >= 15 is 0 Å². The van der Waals surface area contributed by atoms with E-state index in [4.69, 9.17) is 15.3 Å². The maximum atomic E-state index is 13.7. The van der Waals surface area contributed by atoms with Crippen LogP contribution in [0.5, 0.6) is 11.6 Å². The van der Waals surface area contributed by atoms with Crippen molar-refractivity contribution >= 4 is 0 Å². The summed E-state index contributed by atoms with van der Waals surface area (Å²) < 4.78 is 23.7. The lowest BCUT2D eigenvalue weighted by atomic mass is 10.0. The van der Waals surface area contributed by atoms with Crippen LogP contribution in [0.2, 0.25) is 0 Å². The SMILES string of the molecule is COc1cc(C(Cc2ccc(OC)c(F)c2)NN)ncn1. The van der Waals surface area contributed by atoms with Crippen molar-refractivity contribution in [2.24, 2.45) is 5.84 Å². The van der Waals surface area contributed by atoms with Gasteiger partial charge in [-0.1, -0.05) is 6.07 Å². The highest BCUT2D eigenvalue weighted by Gasteiger charge is 2.14. The van der Waals surface area contributed by atoms with E-state index in [-0.39, 0.29) is 11.8 Å². The van der Waals surface area contributed by atoms with Crippen molar-refractivity contribution in [3.05, 3.63) is 47.7 Å². The molecule has 21 heavy (non-hydrogen) atoms. The molecule has 0 aliphatic heterocycles. The minimum absolute atomic E-state index is 0.208. The van der Waals surface area contributed by atoms with Gasteiger partial charge in [-0.25, -0.2) is 14.4 Å². The lowest BCUT2D eigenvalue weighted by molar-refractivity contribution is 0.385. The van der Waals surface area contributed by atoms with Crippen LogP contribution in [0.1, 0.15) is 17.3 Å². The minimum atomic E-state index is -0.411. The third-order valence-electron chi connectivity index (χ3n) is 3.09. The topological polar surface area (TPSA) is 82.3 Å². The van der Waals surface area contributed by atoms with E-state index in [1.165, 1.54) is 26.6 Å². The Labute approximate surface area is 122 Å². The molecule has 0 saturated heterocycles. The number of ether oxygens (including phenoxy) is 2. The monoisotopic (exact) mass is 292 g/mol. The van der Waals surface area contributed by atoms with Crippen LogP contribution in [0.25, 0.3) is 0 Å². The van der Waals surface area contributed by atoms with Gasteiger partial charge in [0.05, 0.1) is 26.0 Å². The van der Waals surface area contributed by atoms with Crippen LogP contribution in [0, 0.1) is 5.82 Å². The van der Waals surface area contributed by atoms with Gasteiger partial charge in [0.15, 0.2) is 11.6 Å². The first kappa shape index (κ1) is 15.1. The van der Waals surface area contributed by atoms with E-state index in [1.807, 2.05) is 0 Å². The van der Waals surface area contributed by atoms with Crippen molar-refractivity contribution in [3.63, 3.8) is 0 Å². The Hall–Kier alpha value is -2.25. The highest BCUT2D eigenvalue weighted by atomic mass is 19.1. The first-order valence-corrected chi connectivity index (χ1v) is 6.32. The first-order chi connectivity index (χ1) is 10.2. The van der Waals surface area contributed by atoms with Crippen molar-refractivity contribution < 1.29 is 13.9 Å². The number of halogens is 1. The quantitative estimate of drug-likeness (QED) is 0.618. The van der Waals surface area contributed by atoms with Crippen LogP contribution in [-0.2, 0) is 6.42 Å². The summed E-state index contributed by atoms with van der Waals surface area (Å²) in [6, 6.07) is 6.19. The fourth-order valence-corrected chi connectivity index (χ4v) is 1.98. The highest BCUT2D eigenvalue weighted by molar-refractivity contribution is 5.30. The maximum Gasteiger partial charge on any atom is 0.216 e. The standard InChI is InChI=1S/C14H17FN4O2/c1-20-13-4-3-9(5-10(13)15)6-12(19-16)11-7-14(21-2)18-8-17-11/h3-5,7-8,12,19H,6,16H2,1-2H3. The molecule has 2 aromatic rings. The van der Waals surface area contributed by atoms with E-state index < -0.39 is 5.82 Å². The van der Waals surface area contributed by atoms with Gasteiger partial charge in [-0.3, -0.25) is 11.3 Å². The van der Waals surface area contributed by atoms with Crippen LogP contribution in [-0.4, -0.2) is 24.2 Å². The fourth-order valence-electron chi connectivity index (χ4n) is 1.98. The summed E-state index contributed by atoms with van der Waals surface area (Å²) in [7, 11) is 2.95. The molecule has 0 radical (unpaired) electrons. The predicted molar refractivity (Wildman–Crippen MR) is 75.3 cm³/mol. The number of aromatic nitrogens is 2. The van der Waals surface area contributed by atoms with Crippen LogP contribution < -0.4 is 20.7 Å². The lowest BCUT2D eigenvalue weighted by Crippen LogP contribution is -2.30. The van der Waals surface area contributed by atoms with Gasteiger partial charge < -0.3 is 9.47 Å². The molecule has 3 N–H and O–H groups in total. The van der Waals surface area contributed by atoms with Gasteiger partial charge in [-0.05, 0) is 24.1 Å². The molecule has 1 atom stereocenters. The smallest absolute Gasteiger partial charge is 0.216 e. The van der Waals surface area contributed by atoms with E-state index in [0.29, 0.717) is 18.0 Å². The molecule has 1 unspecified atom stereocenters. The second-order valence-electron chi connectivity index (χ2n) is 4.38. The van der Waals surface area contributed by atoms with Gasteiger partial charge in [0, 0.05) is 6.07 Å². The summed E-state index contributed by atoms with van der Waals surface area (Å²) in [5.74, 6) is 5.81. The first-order valence-electron chi connectivity index (χ1n) is 6.32. The van der Waals surface area contributed by atoms with Crippen LogP contribution in [0.4, 0.5) is 4.39 Å². The van der Waals surface area contributed by atoms with Crippen molar-refractivity contribution in [2.45, 2.75) is 12.5 Å². The van der Waals surface area contributed by atoms with Gasteiger partial charge in [-0.15, -0.1) is 0 Å². The Morgan fingerprint density at radius 2 is 2.05 bits per heavy atom. The van der Waals surface area contributed by atoms with E-state index in [9.17, 15) is 4.39 Å². The minimum Gasteiger partial charge on any atom is -0.494 e. The molecule has 0 saturated carbocycles.